The first-order valence-corrected chi connectivity index (χ1v) is 11.3. The second kappa shape index (κ2) is 9.34. The Hall–Kier alpha value is -3.98. The molecule has 0 bridgehead atoms. The molecule has 4 aromatic rings. The highest BCUT2D eigenvalue weighted by Gasteiger charge is 2.20. The molecule has 2 heterocycles. The molecule has 0 spiro atoms. The summed E-state index contributed by atoms with van der Waals surface area (Å²) in [4.78, 5) is 16.8. The zero-order valence-corrected chi connectivity index (χ0v) is 19.2. The van der Waals surface area contributed by atoms with Crippen LogP contribution in [0.25, 0.3) is 22.2 Å². The molecule has 5 rings (SSSR count). The van der Waals surface area contributed by atoms with Crippen molar-refractivity contribution < 1.29 is 18.3 Å². The number of nitrogens with one attached hydrogen (secondary N) is 1. The molecule has 9 heteroatoms. The fraction of sp³-hybridized carbons (Fsp3) is 0.231. The summed E-state index contributed by atoms with van der Waals surface area (Å²) in [5.41, 5.74) is 9.40. The van der Waals surface area contributed by atoms with Crippen molar-refractivity contribution in [2.45, 2.75) is 6.61 Å². The number of carbonyl (C=O) groups excluding carboxylic acids is 1. The molecule has 7 nitrogen and oxygen atoms in total. The average Bonchev–Trinajstić information content (AvgIpc) is 3.25. The third-order valence-corrected chi connectivity index (χ3v) is 6.25. The number of rotatable bonds is 6. The number of amides is 1. The summed E-state index contributed by atoms with van der Waals surface area (Å²) in [7, 11) is 2.10. The summed E-state index contributed by atoms with van der Waals surface area (Å²) in [6, 6.07) is 14.2. The number of likely N-dealkylation sites (N-methyl/N-ethyl adjacent to an activating group) is 1. The molecule has 3 aromatic carbocycles. The van der Waals surface area contributed by atoms with E-state index in [-0.39, 0.29) is 6.61 Å². The summed E-state index contributed by atoms with van der Waals surface area (Å²) in [5, 5.41) is 8.21. The van der Waals surface area contributed by atoms with Crippen molar-refractivity contribution in [2.75, 3.05) is 38.1 Å². The maximum atomic E-state index is 13.5. The number of nitrogens with zero attached hydrogens (tertiary/aromatic N) is 3. The van der Waals surface area contributed by atoms with E-state index >= 15 is 0 Å². The van der Waals surface area contributed by atoms with Crippen LogP contribution in [0.4, 0.5) is 14.5 Å². The lowest BCUT2D eigenvalue weighted by molar-refractivity contribution is 0.100. The van der Waals surface area contributed by atoms with Gasteiger partial charge in [0.05, 0.1) is 5.52 Å². The second-order valence-electron chi connectivity index (χ2n) is 8.73. The van der Waals surface area contributed by atoms with Gasteiger partial charge in [-0.05, 0) is 61.1 Å². The predicted octanol–water partition coefficient (Wildman–Crippen LogP) is 3.94. The van der Waals surface area contributed by atoms with Gasteiger partial charge in [-0.1, -0.05) is 0 Å². The number of H-pyrrole nitrogens is 1. The van der Waals surface area contributed by atoms with E-state index in [0.717, 1.165) is 48.8 Å². The van der Waals surface area contributed by atoms with Crippen LogP contribution in [0.5, 0.6) is 5.75 Å². The molecule has 0 radical (unpaired) electrons. The fourth-order valence-electron chi connectivity index (χ4n) is 4.35. The molecule has 0 aliphatic carbocycles. The van der Waals surface area contributed by atoms with E-state index in [4.69, 9.17) is 10.5 Å². The maximum absolute atomic E-state index is 13.5. The number of carbonyl (C=O) groups is 1. The van der Waals surface area contributed by atoms with E-state index in [9.17, 15) is 13.6 Å². The van der Waals surface area contributed by atoms with Crippen LogP contribution in [0.15, 0.2) is 54.6 Å². The van der Waals surface area contributed by atoms with Crippen molar-refractivity contribution in [1.82, 2.24) is 15.1 Å². The standard InChI is InChI=1S/C26H25F2N5O2/c1-32-6-8-33(9-7-32)19-2-4-21(26(29)34)22(13-19)25-23-14-20(3-5-24(23)30-31-25)35-15-16-10-17(27)12-18(28)11-16/h2-5,10-14H,6-9,15H2,1H3,(H2,29,34)(H,30,31). The molecule has 1 saturated heterocycles. The number of anilines is 1. The normalized spacial score (nSPS) is 14.4. The second-order valence-corrected chi connectivity index (χ2v) is 8.73. The van der Waals surface area contributed by atoms with Crippen LogP contribution < -0.4 is 15.4 Å². The number of aromatic amines is 1. The quantitative estimate of drug-likeness (QED) is 0.439. The first-order valence-electron chi connectivity index (χ1n) is 11.3. The number of primary amides is 1. The number of piperazine rings is 1. The van der Waals surface area contributed by atoms with Gasteiger partial charge >= 0.3 is 0 Å². The van der Waals surface area contributed by atoms with E-state index in [1.807, 2.05) is 18.2 Å². The van der Waals surface area contributed by atoms with Crippen LogP contribution in [0, 0.1) is 11.6 Å². The maximum Gasteiger partial charge on any atom is 0.249 e. The van der Waals surface area contributed by atoms with Crippen molar-refractivity contribution in [3.63, 3.8) is 0 Å². The van der Waals surface area contributed by atoms with E-state index in [1.54, 1.807) is 18.2 Å². The molecular formula is C26H25F2N5O2. The Balaban J connectivity index is 1.49. The molecule has 0 saturated carbocycles. The Labute approximate surface area is 201 Å². The van der Waals surface area contributed by atoms with Crippen molar-refractivity contribution in [2.24, 2.45) is 5.73 Å². The third kappa shape index (κ3) is 4.81. The SMILES string of the molecule is CN1CCN(c2ccc(C(N)=O)c(-c3n[nH]c4ccc(OCc5cc(F)cc(F)c5)cc34)c2)CC1. The minimum atomic E-state index is -0.657. The number of nitrogens with two attached hydrogens (primary N) is 1. The monoisotopic (exact) mass is 477 g/mol. The molecule has 3 N–H and O–H groups in total. The van der Waals surface area contributed by atoms with Gasteiger partial charge in [-0.25, -0.2) is 8.78 Å². The predicted molar refractivity (Wildman–Crippen MR) is 130 cm³/mol. The number of benzene rings is 3. The minimum absolute atomic E-state index is 0.00119. The molecule has 0 atom stereocenters. The van der Waals surface area contributed by atoms with E-state index in [2.05, 4.69) is 27.0 Å². The third-order valence-electron chi connectivity index (χ3n) is 6.25. The zero-order valence-electron chi connectivity index (χ0n) is 19.2. The Morgan fingerprint density at radius 3 is 2.49 bits per heavy atom. The number of fused-ring (bicyclic) bond motifs is 1. The zero-order chi connectivity index (χ0) is 24.5. The Morgan fingerprint density at radius 2 is 1.77 bits per heavy atom. The van der Waals surface area contributed by atoms with Gasteiger partial charge in [0.25, 0.3) is 0 Å². The first kappa shape index (κ1) is 22.8. The van der Waals surface area contributed by atoms with Gasteiger partial charge in [-0.3, -0.25) is 9.89 Å². The highest BCUT2D eigenvalue weighted by atomic mass is 19.1. The largest absolute Gasteiger partial charge is 0.489 e. The van der Waals surface area contributed by atoms with Gasteiger partial charge in [-0.2, -0.15) is 5.10 Å². The average molecular weight is 478 g/mol. The lowest BCUT2D eigenvalue weighted by atomic mass is 9.99. The molecule has 180 valence electrons. The van der Waals surface area contributed by atoms with Crippen molar-refractivity contribution in [3.05, 3.63) is 77.4 Å². The highest BCUT2D eigenvalue weighted by Crippen LogP contribution is 2.34. The van der Waals surface area contributed by atoms with Crippen LogP contribution in [-0.2, 0) is 6.61 Å². The van der Waals surface area contributed by atoms with E-state index in [1.165, 1.54) is 12.1 Å². The summed E-state index contributed by atoms with van der Waals surface area (Å²) in [6.45, 7) is 3.67. The number of ether oxygens (including phenoxy) is 1. The smallest absolute Gasteiger partial charge is 0.249 e. The van der Waals surface area contributed by atoms with Crippen LogP contribution in [0.1, 0.15) is 15.9 Å². The van der Waals surface area contributed by atoms with Crippen LogP contribution >= 0.6 is 0 Å². The summed E-state index contributed by atoms with van der Waals surface area (Å²) < 4.78 is 32.8. The molecule has 1 aliphatic heterocycles. The highest BCUT2D eigenvalue weighted by molar-refractivity contribution is 6.04. The fourth-order valence-corrected chi connectivity index (χ4v) is 4.35. The minimum Gasteiger partial charge on any atom is -0.489 e. The van der Waals surface area contributed by atoms with Crippen LogP contribution in [0.3, 0.4) is 0 Å². The van der Waals surface area contributed by atoms with Crippen molar-refractivity contribution in [3.8, 4) is 17.0 Å². The van der Waals surface area contributed by atoms with Crippen molar-refractivity contribution >= 4 is 22.5 Å². The molecule has 1 aliphatic rings. The lowest BCUT2D eigenvalue weighted by Crippen LogP contribution is -2.44. The van der Waals surface area contributed by atoms with Crippen molar-refractivity contribution in [1.29, 1.82) is 0 Å². The van der Waals surface area contributed by atoms with Gasteiger partial charge in [0.1, 0.15) is 29.7 Å². The van der Waals surface area contributed by atoms with Gasteiger partial charge in [0, 0.05) is 54.4 Å². The Morgan fingerprint density at radius 1 is 1.03 bits per heavy atom. The number of hydrogen-bond donors (Lipinski definition) is 2. The van der Waals surface area contributed by atoms with Gasteiger partial charge in [-0.15, -0.1) is 0 Å². The molecule has 35 heavy (non-hydrogen) atoms. The van der Waals surface area contributed by atoms with Gasteiger partial charge in [0.2, 0.25) is 5.91 Å². The van der Waals surface area contributed by atoms with Crippen LogP contribution in [-0.4, -0.2) is 54.2 Å². The first-order chi connectivity index (χ1) is 16.9. The Bertz CT molecular complexity index is 1380. The molecule has 1 amide bonds. The van der Waals surface area contributed by atoms with Gasteiger partial charge < -0.3 is 20.3 Å². The van der Waals surface area contributed by atoms with E-state index < -0.39 is 17.5 Å². The number of hydrogen-bond acceptors (Lipinski definition) is 5. The molecular weight excluding hydrogens is 452 g/mol. The molecule has 1 aromatic heterocycles. The molecule has 1 fully saturated rings. The molecule has 0 unspecified atom stereocenters. The van der Waals surface area contributed by atoms with Crippen LogP contribution in [0.2, 0.25) is 0 Å². The number of aromatic nitrogens is 2. The Kier molecular flexibility index (Phi) is 6.08. The summed E-state index contributed by atoms with van der Waals surface area (Å²) >= 11 is 0. The van der Waals surface area contributed by atoms with Gasteiger partial charge in [0.15, 0.2) is 0 Å². The topological polar surface area (TPSA) is 87.5 Å². The lowest BCUT2D eigenvalue weighted by Gasteiger charge is -2.34. The number of halogens is 2. The van der Waals surface area contributed by atoms with E-state index in [0.29, 0.717) is 28.1 Å². The summed E-state index contributed by atoms with van der Waals surface area (Å²) in [5.74, 6) is -1.35. The summed E-state index contributed by atoms with van der Waals surface area (Å²) in [6.07, 6.45) is 0.